The fraction of sp³-hybridized carbons (Fsp3) is 0.222. The Hall–Kier alpha value is -3.42. The number of imidazole rings is 1. The van der Waals surface area contributed by atoms with E-state index in [4.69, 9.17) is 14.6 Å². The van der Waals surface area contributed by atoms with Crippen LogP contribution in [0.3, 0.4) is 0 Å². The van der Waals surface area contributed by atoms with Gasteiger partial charge in [-0.3, -0.25) is 9.20 Å². The third-order valence-corrected chi connectivity index (χ3v) is 3.77. The van der Waals surface area contributed by atoms with Crippen LogP contribution in [0.25, 0.3) is 5.65 Å². The van der Waals surface area contributed by atoms with Crippen molar-refractivity contribution in [3.05, 3.63) is 47.8 Å². The Morgan fingerprint density at radius 3 is 2.62 bits per heavy atom. The largest absolute Gasteiger partial charge is 0.493 e. The molecule has 0 aliphatic carbocycles. The van der Waals surface area contributed by atoms with Crippen molar-refractivity contribution in [1.29, 1.82) is 0 Å². The highest BCUT2D eigenvalue weighted by molar-refractivity contribution is 5.72. The summed E-state index contributed by atoms with van der Waals surface area (Å²) in [5, 5.41) is 17.6. The Kier molecular flexibility index (Phi) is 4.83. The molecule has 8 heteroatoms. The summed E-state index contributed by atoms with van der Waals surface area (Å²) in [5.41, 5.74) is 2.55. The number of ether oxygens (including phenoxy) is 2. The topological polar surface area (TPSA) is 97.8 Å². The quantitative estimate of drug-likeness (QED) is 0.681. The van der Waals surface area contributed by atoms with E-state index >= 15 is 0 Å². The van der Waals surface area contributed by atoms with Gasteiger partial charge < -0.3 is 14.6 Å². The van der Waals surface area contributed by atoms with E-state index in [2.05, 4.69) is 15.2 Å². The number of aromatic nitrogens is 2. The summed E-state index contributed by atoms with van der Waals surface area (Å²) in [6, 6.07) is 8.90. The molecule has 1 N–H and O–H groups in total. The summed E-state index contributed by atoms with van der Waals surface area (Å²) in [6.45, 7) is 1.94. The molecule has 0 saturated heterocycles. The molecular formula is C18H18N4O4. The first-order valence-electron chi connectivity index (χ1n) is 7.85. The van der Waals surface area contributed by atoms with Gasteiger partial charge in [-0.1, -0.05) is 0 Å². The molecule has 3 aromatic rings. The van der Waals surface area contributed by atoms with Crippen molar-refractivity contribution >= 4 is 23.1 Å². The molecule has 0 fully saturated rings. The van der Waals surface area contributed by atoms with Gasteiger partial charge in [0, 0.05) is 12.3 Å². The van der Waals surface area contributed by atoms with E-state index < -0.39 is 5.97 Å². The number of fused-ring (bicyclic) bond motifs is 1. The third-order valence-electron chi connectivity index (χ3n) is 3.77. The van der Waals surface area contributed by atoms with Crippen molar-refractivity contribution in [3.63, 3.8) is 0 Å². The molecule has 2 heterocycles. The summed E-state index contributed by atoms with van der Waals surface area (Å²) in [5.74, 6) is 0.525. The standard InChI is InChI=1S/C18H18N4O4/c1-11-6-7-22-16(8-11)19-13(10-17(23)24)18(22)21-20-12-4-5-14(25-2)15(9-12)26-3/h4-9H,10H2,1-3H3,(H,23,24). The van der Waals surface area contributed by atoms with Gasteiger partial charge in [-0.15, -0.1) is 10.2 Å². The van der Waals surface area contributed by atoms with E-state index in [1.807, 2.05) is 19.1 Å². The summed E-state index contributed by atoms with van der Waals surface area (Å²) in [7, 11) is 3.09. The number of aryl methyl sites for hydroxylation is 1. The number of methoxy groups -OCH3 is 2. The molecule has 0 radical (unpaired) electrons. The average molecular weight is 354 g/mol. The van der Waals surface area contributed by atoms with Gasteiger partial charge in [0.15, 0.2) is 17.3 Å². The molecule has 0 bridgehead atoms. The number of hydrogen-bond donors (Lipinski definition) is 1. The first kappa shape index (κ1) is 17.4. The number of carboxylic acids is 1. The van der Waals surface area contributed by atoms with E-state index in [-0.39, 0.29) is 6.42 Å². The highest BCUT2D eigenvalue weighted by Gasteiger charge is 2.15. The van der Waals surface area contributed by atoms with Crippen LogP contribution < -0.4 is 9.47 Å². The molecule has 8 nitrogen and oxygen atoms in total. The molecule has 0 amide bonds. The van der Waals surface area contributed by atoms with Gasteiger partial charge in [-0.05, 0) is 36.8 Å². The smallest absolute Gasteiger partial charge is 0.309 e. The van der Waals surface area contributed by atoms with Crippen LogP contribution in [-0.4, -0.2) is 34.7 Å². The molecule has 3 rings (SSSR count). The maximum absolute atomic E-state index is 11.1. The molecular weight excluding hydrogens is 336 g/mol. The second kappa shape index (κ2) is 7.22. The molecule has 0 atom stereocenters. The average Bonchev–Trinajstić information content (AvgIpc) is 2.94. The van der Waals surface area contributed by atoms with Crippen LogP contribution >= 0.6 is 0 Å². The molecule has 134 valence electrons. The fourth-order valence-corrected chi connectivity index (χ4v) is 2.54. The monoisotopic (exact) mass is 354 g/mol. The minimum Gasteiger partial charge on any atom is -0.493 e. The lowest BCUT2D eigenvalue weighted by molar-refractivity contribution is -0.136. The number of azo groups is 1. The Bertz CT molecular complexity index is 994. The van der Waals surface area contributed by atoms with E-state index in [1.165, 1.54) is 7.11 Å². The van der Waals surface area contributed by atoms with Crippen LogP contribution in [0.4, 0.5) is 11.5 Å². The first-order valence-corrected chi connectivity index (χ1v) is 7.85. The van der Waals surface area contributed by atoms with Crippen molar-refractivity contribution in [2.75, 3.05) is 14.2 Å². The fourth-order valence-electron chi connectivity index (χ4n) is 2.54. The molecule has 1 aromatic carbocycles. The highest BCUT2D eigenvalue weighted by Crippen LogP contribution is 2.32. The van der Waals surface area contributed by atoms with E-state index in [0.717, 1.165) is 5.56 Å². The summed E-state index contributed by atoms with van der Waals surface area (Å²) in [4.78, 5) is 15.5. The van der Waals surface area contributed by atoms with Crippen LogP contribution in [0.5, 0.6) is 11.5 Å². The van der Waals surface area contributed by atoms with E-state index in [1.54, 1.807) is 35.9 Å². The number of carboxylic acid groups (broad SMARTS) is 1. The number of rotatable bonds is 6. The zero-order valence-electron chi connectivity index (χ0n) is 14.6. The summed E-state index contributed by atoms with van der Waals surface area (Å²) in [6.07, 6.45) is 1.56. The Morgan fingerprint density at radius 2 is 1.92 bits per heavy atom. The lowest BCUT2D eigenvalue weighted by Gasteiger charge is -2.06. The van der Waals surface area contributed by atoms with Gasteiger partial charge >= 0.3 is 5.97 Å². The number of pyridine rings is 1. The third kappa shape index (κ3) is 3.49. The van der Waals surface area contributed by atoms with Gasteiger partial charge in [0.2, 0.25) is 0 Å². The van der Waals surface area contributed by atoms with Crippen LogP contribution in [0.1, 0.15) is 11.3 Å². The van der Waals surface area contributed by atoms with Gasteiger partial charge in [-0.2, -0.15) is 0 Å². The number of hydrogen-bond acceptors (Lipinski definition) is 6. The number of aliphatic carboxylic acids is 1. The molecule has 0 unspecified atom stereocenters. The molecule has 26 heavy (non-hydrogen) atoms. The van der Waals surface area contributed by atoms with E-state index in [9.17, 15) is 4.79 Å². The predicted octanol–water partition coefficient (Wildman–Crippen LogP) is 3.70. The Labute approximate surface area is 149 Å². The van der Waals surface area contributed by atoms with Crippen LogP contribution in [0.15, 0.2) is 46.8 Å². The normalized spacial score (nSPS) is 11.2. The van der Waals surface area contributed by atoms with Crippen molar-refractivity contribution in [2.45, 2.75) is 13.3 Å². The van der Waals surface area contributed by atoms with Crippen molar-refractivity contribution < 1.29 is 19.4 Å². The lowest BCUT2D eigenvalue weighted by atomic mass is 10.3. The molecule has 0 aliphatic heterocycles. The molecule has 0 aliphatic rings. The zero-order valence-corrected chi connectivity index (χ0v) is 14.6. The van der Waals surface area contributed by atoms with Gasteiger partial charge in [0.1, 0.15) is 5.65 Å². The van der Waals surface area contributed by atoms with Crippen molar-refractivity contribution in [2.24, 2.45) is 10.2 Å². The maximum Gasteiger partial charge on any atom is 0.309 e. The summed E-state index contributed by atoms with van der Waals surface area (Å²) < 4.78 is 12.2. The SMILES string of the molecule is COc1ccc(N=Nc2c(CC(=O)O)nc3cc(C)ccn23)cc1OC. The van der Waals surface area contributed by atoms with Gasteiger partial charge in [-0.25, -0.2) is 4.98 Å². The second-order valence-electron chi connectivity index (χ2n) is 5.62. The molecule has 0 spiro atoms. The first-order chi connectivity index (χ1) is 12.5. The Balaban J connectivity index is 2.04. The van der Waals surface area contributed by atoms with Gasteiger partial charge in [0.05, 0.1) is 32.0 Å². The highest BCUT2D eigenvalue weighted by atomic mass is 16.5. The minimum absolute atomic E-state index is 0.235. The number of benzene rings is 1. The Morgan fingerprint density at radius 1 is 1.15 bits per heavy atom. The predicted molar refractivity (Wildman–Crippen MR) is 95.0 cm³/mol. The number of carbonyl (C=O) groups is 1. The van der Waals surface area contributed by atoms with Crippen LogP contribution in [0, 0.1) is 6.92 Å². The summed E-state index contributed by atoms with van der Waals surface area (Å²) >= 11 is 0. The zero-order chi connectivity index (χ0) is 18.7. The van der Waals surface area contributed by atoms with E-state index in [0.29, 0.717) is 34.3 Å². The van der Waals surface area contributed by atoms with Crippen molar-refractivity contribution in [1.82, 2.24) is 9.38 Å². The molecule has 0 saturated carbocycles. The van der Waals surface area contributed by atoms with Crippen LogP contribution in [-0.2, 0) is 11.2 Å². The minimum atomic E-state index is -0.979. The van der Waals surface area contributed by atoms with Crippen molar-refractivity contribution in [3.8, 4) is 11.5 Å². The number of nitrogens with zero attached hydrogens (tertiary/aromatic N) is 4. The lowest BCUT2D eigenvalue weighted by Crippen LogP contribution is -2.00. The maximum atomic E-state index is 11.1. The van der Waals surface area contributed by atoms with Crippen LogP contribution in [0.2, 0.25) is 0 Å². The molecule has 2 aromatic heterocycles. The van der Waals surface area contributed by atoms with Gasteiger partial charge in [0.25, 0.3) is 0 Å². The second-order valence-corrected chi connectivity index (χ2v) is 5.62.